The van der Waals surface area contributed by atoms with Crippen molar-refractivity contribution in [2.75, 3.05) is 39.6 Å². The maximum Gasteiger partial charge on any atom is 0.472 e. The van der Waals surface area contributed by atoms with Crippen molar-refractivity contribution in [3.05, 3.63) is 0 Å². The van der Waals surface area contributed by atoms with Crippen molar-refractivity contribution in [1.82, 2.24) is 0 Å². The monoisotopic (exact) mass is 1560 g/mol. The van der Waals surface area contributed by atoms with Crippen molar-refractivity contribution >= 4 is 39.5 Å². The van der Waals surface area contributed by atoms with Gasteiger partial charge in [-0.15, -0.1) is 0 Å². The normalized spacial score (nSPS) is 13.8. The summed E-state index contributed by atoms with van der Waals surface area (Å²) in [6, 6.07) is 0. The zero-order chi connectivity index (χ0) is 78.6. The molecule has 0 aliphatic carbocycles. The highest BCUT2D eigenvalue weighted by Crippen LogP contribution is 2.45. The van der Waals surface area contributed by atoms with Crippen LogP contribution in [0, 0.1) is 17.8 Å². The van der Waals surface area contributed by atoms with Gasteiger partial charge in [-0.1, -0.05) is 414 Å². The zero-order valence-electron chi connectivity index (χ0n) is 70.6. The fourth-order valence-electron chi connectivity index (χ4n) is 13.7. The molecule has 0 aromatic heterocycles. The van der Waals surface area contributed by atoms with Gasteiger partial charge in [0.25, 0.3) is 0 Å². The summed E-state index contributed by atoms with van der Waals surface area (Å²) in [5.41, 5.74) is 0. The smallest absolute Gasteiger partial charge is 0.462 e. The number of phosphoric acid groups is 2. The van der Waals surface area contributed by atoms with Crippen molar-refractivity contribution in [3.63, 3.8) is 0 Å². The standard InChI is InChI=1S/C88H172O17P2/c1-8-9-10-11-12-13-14-15-16-19-27-32-37-42-49-57-64-72-88(93)105-84(76-99-86(91)70-63-56-51-44-47-54-61-68-81(6)7)78-103-107(96,97)101-74-82(89)73-100-106(94,95)102-77-83(75-98-85(90)69-62-55-48-41-36-31-26-23-22-25-30-35-40-46-53-60-67-80(4)5)104-87(92)71-65-58-50-43-38-33-28-21-18-17-20-24-29-34-39-45-52-59-66-79(2)3/h79-84,89H,8-78H2,1-7H3,(H,94,95)(H,96,97)/t82-,83-,84-/m1/s1. The second-order valence-electron chi connectivity index (χ2n) is 33.1. The van der Waals surface area contributed by atoms with Gasteiger partial charge in [0.05, 0.1) is 26.4 Å². The fourth-order valence-corrected chi connectivity index (χ4v) is 15.3. The number of esters is 4. The van der Waals surface area contributed by atoms with Crippen molar-refractivity contribution in [1.29, 1.82) is 0 Å². The van der Waals surface area contributed by atoms with Gasteiger partial charge in [0.15, 0.2) is 12.2 Å². The summed E-state index contributed by atoms with van der Waals surface area (Å²) in [6.45, 7) is 12.0. The van der Waals surface area contributed by atoms with E-state index in [0.29, 0.717) is 31.6 Å². The Morgan fingerprint density at radius 2 is 0.430 bits per heavy atom. The molecular weight excluding hydrogens is 1390 g/mol. The zero-order valence-corrected chi connectivity index (χ0v) is 72.4. The first-order chi connectivity index (χ1) is 51.7. The number of rotatable bonds is 86. The molecule has 0 radical (unpaired) electrons. The lowest BCUT2D eigenvalue weighted by Gasteiger charge is -2.21. The lowest BCUT2D eigenvalue weighted by atomic mass is 10.0. The van der Waals surface area contributed by atoms with E-state index in [9.17, 15) is 43.2 Å². The molecule has 2 unspecified atom stereocenters. The molecular formula is C88H172O17P2. The van der Waals surface area contributed by atoms with Crippen LogP contribution in [0.2, 0.25) is 0 Å². The molecule has 0 bridgehead atoms. The Morgan fingerprint density at radius 3 is 0.636 bits per heavy atom. The van der Waals surface area contributed by atoms with E-state index in [1.165, 1.54) is 270 Å². The van der Waals surface area contributed by atoms with Crippen LogP contribution in [0.15, 0.2) is 0 Å². The van der Waals surface area contributed by atoms with Gasteiger partial charge in [0, 0.05) is 25.7 Å². The van der Waals surface area contributed by atoms with E-state index >= 15 is 0 Å². The second kappa shape index (κ2) is 78.0. The molecule has 0 aliphatic heterocycles. The van der Waals surface area contributed by atoms with Crippen LogP contribution in [0.1, 0.15) is 466 Å². The first-order valence-electron chi connectivity index (χ1n) is 45.3. The van der Waals surface area contributed by atoms with Gasteiger partial charge in [-0.2, -0.15) is 0 Å². The van der Waals surface area contributed by atoms with Crippen LogP contribution in [-0.4, -0.2) is 96.7 Å². The lowest BCUT2D eigenvalue weighted by Crippen LogP contribution is -2.30. The van der Waals surface area contributed by atoms with Crippen LogP contribution in [-0.2, 0) is 65.4 Å². The van der Waals surface area contributed by atoms with Gasteiger partial charge in [-0.05, 0) is 43.4 Å². The molecule has 0 saturated carbocycles. The molecule has 636 valence electrons. The molecule has 0 aromatic carbocycles. The average molecular weight is 1560 g/mol. The highest BCUT2D eigenvalue weighted by atomic mass is 31.2. The minimum absolute atomic E-state index is 0.108. The topological polar surface area (TPSA) is 237 Å². The molecule has 107 heavy (non-hydrogen) atoms. The molecule has 17 nitrogen and oxygen atoms in total. The minimum atomic E-state index is -4.97. The second-order valence-corrected chi connectivity index (χ2v) is 36.0. The van der Waals surface area contributed by atoms with Gasteiger partial charge in [0.1, 0.15) is 19.3 Å². The van der Waals surface area contributed by atoms with Crippen LogP contribution >= 0.6 is 15.6 Å². The molecule has 3 N–H and O–H groups in total. The van der Waals surface area contributed by atoms with Gasteiger partial charge >= 0.3 is 39.5 Å². The number of unbranched alkanes of at least 4 members (excludes halogenated alkanes) is 54. The van der Waals surface area contributed by atoms with Crippen molar-refractivity contribution in [2.24, 2.45) is 17.8 Å². The third kappa shape index (κ3) is 81.9. The molecule has 0 rings (SSSR count). The Kier molecular flexibility index (Phi) is 76.6. The summed E-state index contributed by atoms with van der Waals surface area (Å²) in [6.07, 6.45) is 69.6. The third-order valence-electron chi connectivity index (χ3n) is 20.6. The summed E-state index contributed by atoms with van der Waals surface area (Å²) in [5.74, 6) is 0.235. The third-order valence-corrected chi connectivity index (χ3v) is 22.5. The van der Waals surface area contributed by atoms with Crippen LogP contribution in [0.3, 0.4) is 0 Å². The molecule has 0 saturated heterocycles. The van der Waals surface area contributed by atoms with E-state index in [4.69, 9.17) is 37.0 Å². The minimum Gasteiger partial charge on any atom is -0.462 e. The number of aliphatic hydroxyl groups is 1. The number of ether oxygens (including phenoxy) is 4. The molecule has 0 aromatic rings. The summed E-state index contributed by atoms with van der Waals surface area (Å²) >= 11 is 0. The fraction of sp³-hybridized carbons (Fsp3) is 0.955. The number of hydrogen-bond acceptors (Lipinski definition) is 15. The Balaban J connectivity index is 5.23. The average Bonchev–Trinajstić information content (AvgIpc) is 0.901. The summed E-state index contributed by atoms with van der Waals surface area (Å²) in [4.78, 5) is 73.3. The summed E-state index contributed by atoms with van der Waals surface area (Å²) < 4.78 is 68.9. The molecule has 0 aliphatic rings. The molecule has 0 amide bonds. The summed E-state index contributed by atoms with van der Waals surface area (Å²) in [7, 11) is -9.93. The lowest BCUT2D eigenvalue weighted by molar-refractivity contribution is -0.161. The maximum atomic E-state index is 13.2. The Labute approximate surface area is 658 Å². The van der Waals surface area contributed by atoms with E-state index < -0.39 is 97.5 Å². The SMILES string of the molecule is CCCCCCCCCCCCCCCCCCCC(=O)O[C@H](COC(=O)CCCCCCCCCC(C)C)COP(=O)(O)OC[C@H](O)COP(=O)(O)OC[C@@H](COC(=O)CCCCCCCCCCCCCCCCCCC(C)C)OC(=O)CCCCCCCCCCCCCCCCCCCCC(C)C. The molecule has 0 fully saturated rings. The van der Waals surface area contributed by atoms with Crippen molar-refractivity contribution in [2.45, 2.75) is 484 Å². The number of carbonyl (C=O) groups excluding carboxylic acids is 4. The number of aliphatic hydroxyl groups excluding tert-OH is 1. The van der Waals surface area contributed by atoms with E-state index in [-0.39, 0.29) is 25.7 Å². The van der Waals surface area contributed by atoms with Gasteiger partial charge in [0.2, 0.25) is 0 Å². The van der Waals surface area contributed by atoms with E-state index in [1.54, 1.807) is 0 Å². The van der Waals surface area contributed by atoms with Crippen LogP contribution in [0.5, 0.6) is 0 Å². The number of hydrogen-bond donors (Lipinski definition) is 3. The Morgan fingerprint density at radius 1 is 0.252 bits per heavy atom. The highest BCUT2D eigenvalue weighted by Gasteiger charge is 2.31. The predicted octanol–water partition coefficient (Wildman–Crippen LogP) is 26.9. The van der Waals surface area contributed by atoms with Gasteiger partial charge in [-0.3, -0.25) is 37.3 Å². The van der Waals surface area contributed by atoms with Gasteiger partial charge in [-0.25, -0.2) is 9.13 Å². The highest BCUT2D eigenvalue weighted by molar-refractivity contribution is 7.47. The Hall–Kier alpha value is -1.94. The Bertz CT molecular complexity index is 2060. The summed E-state index contributed by atoms with van der Waals surface area (Å²) in [5, 5.41) is 10.7. The molecule has 5 atom stereocenters. The van der Waals surface area contributed by atoms with Crippen molar-refractivity contribution in [3.8, 4) is 0 Å². The first-order valence-corrected chi connectivity index (χ1v) is 48.3. The quantitative estimate of drug-likeness (QED) is 0.0222. The van der Waals surface area contributed by atoms with Crippen molar-refractivity contribution < 1.29 is 80.2 Å². The maximum absolute atomic E-state index is 13.2. The van der Waals surface area contributed by atoms with Gasteiger partial charge < -0.3 is 33.8 Å². The number of phosphoric ester groups is 2. The molecule has 19 heteroatoms. The van der Waals surface area contributed by atoms with Crippen LogP contribution < -0.4 is 0 Å². The predicted molar refractivity (Wildman–Crippen MR) is 441 cm³/mol. The van der Waals surface area contributed by atoms with Crippen LogP contribution in [0.4, 0.5) is 0 Å². The van der Waals surface area contributed by atoms with E-state index in [2.05, 4.69) is 48.5 Å². The van der Waals surface area contributed by atoms with E-state index in [1.807, 2.05) is 0 Å². The number of carbonyl (C=O) groups is 4. The first kappa shape index (κ1) is 105. The molecule has 0 spiro atoms. The largest absolute Gasteiger partial charge is 0.472 e. The molecule has 0 heterocycles. The van der Waals surface area contributed by atoms with Crippen LogP contribution in [0.25, 0.3) is 0 Å². The van der Waals surface area contributed by atoms with E-state index in [0.717, 1.165) is 108 Å².